The zero-order chi connectivity index (χ0) is 16.4. The second-order valence-corrected chi connectivity index (χ2v) is 5.40. The Balaban J connectivity index is 1.77. The highest BCUT2D eigenvalue weighted by atomic mass is 35.5. The Morgan fingerprint density at radius 1 is 0.957 bits per heavy atom. The first-order chi connectivity index (χ1) is 11.1. The maximum Gasteiger partial charge on any atom is 0.343 e. The van der Waals surface area contributed by atoms with Crippen LogP contribution < -0.4 is 9.64 Å². The zero-order valence-corrected chi connectivity index (χ0v) is 12.7. The summed E-state index contributed by atoms with van der Waals surface area (Å²) in [6.07, 6.45) is 0.435. The van der Waals surface area contributed by atoms with Crippen LogP contribution in [0.4, 0.5) is 5.69 Å². The minimum absolute atomic E-state index is 0.217. The quantitative estimate of drug-likeness (QED) is 0.493. The first kappa shape index (κ1) is 15.2. The summed E-state index contributed by atoms with van der Waals surface area (Å²) in [5, 5.41) is 0.339. The van der Waals surface area contributed by atoms with Gasteiger partial charge in [0, 0.05) is 12.8 Å². The predicted octanol–water partition coefficient (Wildman–Crippen LogP) is 3.21. The highest BCUT2D eigenvalue weighted by molar-refractivity contribution is 6.32. The summed E-state index contributed by atoms with van der Waals surface area (Å²) >= 11 is 5.94. The van der Waals surface area contributed by atoms with Crippen molar-refractivity contribution in [2.75, 3.05) is 4.90 Å². The fourth-order valence-electron chi connectivity index (χ4n) is 2.30. The van der Waals surface area contributed by atoms with Gasteiger partial charge < -0.3 is 4.74 Å². The Bertz CT molecular complexity index is 769. The van der Waals surface area contributed by atoms with Crippen molar-refractivity contribution in [3.8, 4) is 5.75 Å². The van der Waals surface area contributed by atoms with Crippen LogP contribution in [0, 0.1) is 0 Å². The molecule has 0 atom stereocenters. The van der Waals surface area contributed by atoms with Crippen LogP contribution in [0.5, 0.6) is 5.75 Å². The summed E-state index contributed by atoms with van der Waals surface area (Å²) in [6, 6.07) is 12.8. The number of carbonyl (C=O) groups is 3. The molecule has 1 heterocycles. The molecule has 0 radical (unpaired) electrons. The molecule has 5 nitrogen and oxygen atoms in total. The monoisotopic (exact) mass is 329 g/mol. The number of anilines is 1. The number of hydrogen-bond acceptors (Lipinski definition) is 4. The summed E-state index contributed by atoms with van der Waals surface area (Å²) in [5.74, 6) is -0.764. The predicted molar refractivity (Wildman–Crippen MR) is 84.6 cm³/mol. The lowest BCUT2D eigenvalue weighted by Crippen LogP contribution is -2.28. The molecule has 1 aliphatic heterocycles. The van der Waals surface area contributed by atoms with Crippen LogP contribution in [-0.4, -0.2) is 17.8 Å². The molecule has 2 aromatic carbocycles. The standard InChI is InChI=1S/C17H12ClNO4/c18-13-3-1-2-4-14(13)23-17(22)11-5-7-12(8-6-11)19-15(20)9-10-16(19)21/h1-8H,9-10H2. The molecule has 116 valence electrons. The second-order valence-electron chi connectivity index (χ2n) is 4.99. The van der Waals surface area contributed by atoms with E-state index in [1.54, 1.807) is 36.4 Å². The van der Waals surface area contributed by atoms with Crippen molar-refractivity contribution in [1.29, 1.82) is 0 Å². The summed E-state index contributed by atoms with van der Waals surface area (Å²) in [6.45, 7) is 0. The molecule has 2 amide bonds. The van der Waals surface area contributed by atoms with Crippen molar-refractivity contribution in [3.63, 3.8) is 0 Å². The lowest BCUT2D eigenvalue weighted by Gasteiger charge is -2.14. The molecule has 23 heavy (non-hydrogen) atoms. The van der Waals surface area contributed by atoms with E-state index < -0.39 is 5.97 Å². The van der Waals surface area contributed by atoms with Gasteiger partial charge in [0.05, 0.1) is 16.3 Å². The third-order valence-corrected chi connectivity index (χ3v) is 3.76. The van der Waals surface area contributed by atoms with E-state index in [2.05, 4.69) is 0 Å². The number of hydrogen-bond donors (Lipinski definition) is 0. The zero-order valence-electron chi connectivity index (χ0n) is 12.0. The highest BCUT2D eigenvalue weighted by Crippen LogP contribution is 2.25. The van der Waals surface area contributed by atoms with Gasteiger partial charge in [-0.3, -0.25) is 14.5 Å². The maximum absolute atomic E-state index is 12.1. The molecule has 3 rings (SSSR count). The van der Waals surface area contributed by atoms with Gasteiger partial charge in [0.1, 0.15) is 5.75 Å². The summed E-state index contributed by atoms with van der Waals surface area (Å²) < 4.78 is 5.22. The van der Waals surface area contributed by atoms with Gasteiger partial charge in [-0.2, -0.15) is 0 Å². The molecule has 2 aromatic rings. The highest BCUT2D eigenvalue weighted by Gasteiger charge is 2.30. The number of carbonyl (C=O) groups excluding carboxylic acids is 3. The van der Waals surface area contributed by atoms with Gasteiger partial charge in [-0.15, -0.1) is 0 Å². The molecule has 0 N–H and O–H groups in total. The van der Waals surface area contributed by atoms with Crippen LogP contribution >= 0.6 is 11.6 Å². The van der Waals surface area contributed by atoms with Gasteiger partial charge in [-0.05, 0) is 36.4 Å². The normalized spacial score (nSPS) is 14.2. The first-order valence-electron chi connectivity index (χ1n) is 6.99. The first-order valence-corrected chi connectivity index (χ1v) is 7.36. The summed E-state index contributed by atoms with van der Waals surface area (Å²) in [5.41, 5.74) is 0.750. The molecule has 0 unspecified atom stereocenters. The van der Waals surface area contributed by atoms with Crippen molar-refractivity contribution in [2.45, 2.75) is 12.8 Å². The van der Waals surface area contributed by atoms with E-state index >= 15 is 0 Å². The lowest BCUT2D eigenvalue weighted by atomic mass is 10.2. The van der Waals surface area contributed by atoms with Gasteiger partial charge >= 0.3 is 5.97 Å². The molecular weight excluding hydrogens is 318 g/mol. The number of rotatable bonds is 3. The fourth-order valence-corrected chi connectivity index (χ4v) is 2.47. The van der Waals surface area contributed by atoms with Crippen LogP contribution in [0.15, 0.2) is 48.5 Å². The molecule has 6 heteroatoms. The Morgan fingerprint density at radius 2 is 1.57 bits per heavy atom. The molecule has 0 spiro atoms. The van der Waals surface area contributed by atoms with Gasteiger partial charge in [-0.25, -0.2) is 4.79 Å². The van der Waals surface area contributed by atoms with Crippen LogP contribution in [0.3, 0.4) is 0 Å². The SMILES string of the molecule is O=C(Oc1ccccc1Cl)c1ccc(N2C(=O)CCC2=O)cc1. The average molecular weight is 330 g/mol. The molecule has 1 saturated heterocycles. The van der Waals surface area contributed by atoms with Crippen molar-refractivity contribution in [1.82, 2.24) is 0 Å². The topological polar surface area (TPSA) is 63.7 Å². The van der Waals surface area contributed by atoms with Crippen LogP contribution in [0.25, 0.3) is 0 Å². The number of halogens is 1. The van der Waals surface area contributed by atoms with Crippen molar-refractivity contribution < 1.29 is 19.1 Å². The van der Waals surface area contributed by atoms with Crippen LogP contribution in [-0.2, 0) is 9.59 Å². The van der Waals surface area contributed by atoms with E-state index in [9.17, 15) is 14.4 Å². The van der Waals surface area contributed by atoms with E-state index in [0.717, 1.165) is 4.90 Å². The number of nitrogens with zero attached hydrogens (tertiary/aromatic N) is 1. The average Bonchev–Trinajstić information content (AvgIpc) is 2.88. The molecule has 0 bridgehead atoms. The largest absolute Gasteiger partial charge is 0.421 e. The molecular formula is C17H12ClNO4. The summed E-state index contributed by atoms with van der Waals surface area (Å²) in [4.78, 5) is 36.6. The minimum Gasteiger partial charge on any atom is -0.421 e. The van der Waals surface area contributed by atoms with Gasteiger partial charge in [0.25, 0.3) is 0 Å². The Labute approximate surface area is 137 Å². The van der Waals surface area contributed by atoms with E-state index in [1.165, 1.54) is 12.1 Å². The lowest BCUT2D eigenvalue weighted by molar-refractivity contribution is -0.121. The van der Waals surface area contributed by atoms with Crippen LogP contribution in [0.1, 0.15) is 23.2 Å². The molecule has 0 aromatic heterocycles. The van der Waals surface area contributed by atoms with Crippen LogP contribution in [0.2, 0.25) is 5.02 Å². The Kier molecular flexibility index (Phi) is 4.12. The third-order valence-electron chi connectivity index (χ3n) is 3.45. The van der Waals surface area contributed by atoms with Crippen molar-refractivity contribution >= 4 is 35.1 Å². The number of para-hydroxylation sites is 1. The number of benzene rings is 2. The molecule has 0 saturated carbocycles. The Morgan fingerprint density at radius 3 is 2.17 bits per heavy atom. The molecule has 1 fully saturated rings. The smallest absolute Gasteiger partial charge is 0.343 e. The van der Waals surface area contributed by atoms with E-state index in [1.807, 2.05) is 0 Å². The van der Waals surface area contributed by atoms with Crippen molar-refractivity contribution in [2.24, 2.45) is 0 Å². The van der Waals surface area contributed by atoms with E-state index in [-0.39, 0.29) is 30.4 Å². The van der Waals surface area contributed by atoms with Gasteiger partial charge in [0.15, 0.2) is 0 Å². The number of amides is 2. The van der Waals surface area contributed by atoms with Gasteiger partial charge in [0.2, 0.25) is 11.8 Å². The number of imide groups is 1. The summed E-state index contributed by atoms with van der Waals surface area (Å²) in [7, 11) is 0. The molecule has 1 aliphatic rings. The maximum atomic E-state index is 12.1. The van der Waals surface area contributed by atoms with Crippen molar-refractivity contribution in [3.05, 3.63) is 59.1 Å². The fraction of sp³-hybridized carbons (Fsp3) is 0.118. The Hall–Kier alpha value is -2.66. The second kappa shape index (κ2) is 6.22. The number of esters is 1. The van der Waals surface area contributed by atoms with Gasteiger partial charge in [-0.1, -0.05) is 23.7 Å². The number of ether oxygens (including phenoxy) is 1. The minimum atomic E-state index is -0.566. The van der Waals surface area contributed by atoms with E-state index in [4.69, 9.17) is 16.3 Å². The van der Waals surface area contributed by atoms with E-state index in [0.29, 0.717) is 16.3 Å². The molecule has 0 aliphatic carbocycles. The third kappa shape index (κ3) is 3.10.